The monoisotopic (exact) mass is 273 g/mol. The van der Waals surface area contributed by atoms with E-state index in [2.05, 4.69) is 0 Å². The van der Waals surface area contributed by atoms with Crippen molar-refractivity contribution in [2.75, 3.05) is 19.5 Å². The molecule has 2 aromatic carbocycles. The summed E-state index contributed by atoms with van der Waals surface area (Å²) in [7, 11) is 1.60. The van der Waals surface area contributed by atoms with E-state index in [4.69, 9.17) is 15.6 Å². The lowest BCUT2D eigenvalue weighted by atomic mass is 9.96. The highest BCUT2D eigenvalue weighted by atomic mass is 16.5. The number of nitrogen functional groups attached to an aromatic ring is 1. The Hall–Kier alpha value is -2.04. The van der Waals surface area contributed by atoms with Crippen molar-refractivity contribution >= 4 is 5.69 Å². The highest BCUT2D eigenvalue weighted by Crippen LogP contribution is 2.30. The Balaban J connectivity index is 2.32. The van der Waals surface area contributed by atoms with Crippen LogP contribution in [-0.4, -0.2) is 23.9 Å². The molecule has 0 spiro atoms. The Kier molecular flexibility index (Phi) is 4.61. The largest absolute Gasteiger partial charge is 0.497 e. The van der Waals surface area contributed by atoms with E-state index in [1.165, 1.54) is 0 Å². The van der Waals surface area contributed by atoms with Crippen molar-refractivity contribution in [2.45, 2.75) is 12.5 Å². The SMILES string of the molecule is COc1ccc(C(O)c2cccc(CCO)c2N)cc1. The number of aliphatic hydroxyl groups is 2. The average Bonchev–Trinajstić information content (AvgIpc) is 2.49. The molecule has 0 aromatic heterocycles. The van der Waals surface area contributed by atoms with Gasteiger partial charge in [-0.05, 0) is 29.7 Å². The number of rotatable bonds is 5. The summed E-state index contributed by atoms with van der Waals surface area (Å²) in [4.78, 5) is 0. The summed E-state index contributed by atoms with van der Waals surface area (Å²) in [6.45, 7) is 0.0340. The van der Waals surface area contributed by atoms with E-state index >= 15 is 0 Å². The van der Waals surface area contributed by atoms with Crippen LogP contribution in [0.3, 0.4) is 0 Å². The quantitative estimate of drug-likeness (QED) is 0.727. The first kappa shape index (κ1) is 14.4. The van der Waals surface area contributed by atoms with Gasteiger partial charge in [-0.3, -0.25) is 0 Å². The van der Waals surface area contributed by atoms with Gasteiger partial charge in [0.15, 0.2) is 0 Å². The molecule has 2 rings (SSSR count). The van der Waals surface area contributed by atoms with Gasteiger partial charge >= 0.3 is 0 Å². The van der Waals surface area contributed by atoms with Gasteiger partial charge in [0.05, 0.1) is 7.11 Å². The third kappa shape index (κ3) is 2.92. The van der Waals surface area contributed by atoms with Crippen LogP contribution in [-0.2, 0) is 6.42 Å². The Bertz CT molecular complexity index is 566. The Labute approximate surface area is 118 Å². The van der Waals surface area contributed by atoms with E-state index in [1.807, 2.05) is 24.3 Å². The fourth-order valence-corrected chi connectivity index (χ4v) is 2.18. The molecule has 0 radical (unpaired) electrons. The highest BCUT2D eigenvalue weighted by Gasteiger charge is 2.15. The minimum absolute atomic E-state index is 0.0340. The lowest BCUT2D eigenvalue weighted by Gasteiger charge is -2.16. The van der Waals surface area contributed by atoms with Gasteiger partial charge in [-0.15, -0.1) is 0 Å². The molecular formula is C16H19NO3. The molecule has 0 aliphatic heterocycles. The molecule has 4 N–H and O–H groups in total. The lowest BCUT2D eigenvalue weighted by Crippen LogP contribution is -2.07. The van der Waals surface area contributed by atoms with E-state index < -0.39 is 6.10 Å². The number of aliphatic hydroxyl groups excluding tert-OH is 2. The van der Waals surface area contributed by atoms with Gasteiger partial charge in [-0.25, -0.2) is 0 Å². The second-order valence-corrected chi connectivity index (χ2v) is 4.57. The van der Waals surface area contributed by atoms with Crippen molar-refractivity contribution in [3.05, 3.63) is 59.2 Å². The van der Waals surface area contributed by atoms with E-state index in [-0.39, 0.29) is 6.61 Å². The normalized spacial score (nSPS) is 12.2. The lowest BCUT2D eigenvalue weighted by molar-refractivity contribution is 0.221. The second kappa shape index (κ2) is 6.41. The number of para-hydroxylation sites is 1. The summed E-state index contributed by atoms with van der Waals surface area (Å²) in [5, 5.41) is 19.5. The summed E-state index contributed by atoms with van der Waals surface area (Å²) in [5.74, 6) is 0.739. The van der Waals surface area contributed by atoms with Gasteiger partial charge < -0.3 is 20.7 Å². The van der Waals surface area contributed by atoms with Crippen LogP contribution in [0.25, 0.3) is 0 Å². The summed E-state index contributed by atoms with van der Waals surface area (Å²) in [6.07, 6.45) is -0.311. The third-order valence-corrected chi connectivity index (χ3v) is 3.34. The number of ether oxygens (including phenoxy) is 1. The molecule has 4 heteroatoms. The minimum Gasteiger partial charge on any atom is -0.497 e. The van der Waals surface area contributed by atoms with Gasteiger partial charge in [0, 0.05) is 17.9 Å². The molecule has 0 bridgehead atoms. The molecule has 0 fully saturated rings. The molecule has 0 heterocycles. The van der Waals surface area contributed by atoms with Crippen molar-refractivity contribution in [1.82, 2.24) is 0 Å². The molecule has 106 valence electrons. The molecule has 20 heavy (non-hydrogen) atoms. The zero-order valence-electron chi connectivity index (χ0n) is 11.4. The Morgan fingerprint density at radius 1 is 1.15 bits per heavy atom. The molecule has 0 amide bonds. The smallest absolute Gasteiger partial charge is 0.118 e. The van der Waals surface area contributed by atoms with Gasteiger partial charge in [-0.1, -0.05) is 30.3 Å². The summed E-state index contributed by atoms with van der Waals surface area (Å²) >= 11 is 0. The van der Waals surface area contributed by atoms with Crippen LogP contribution in [0.1, 0.15) is 22.8 Å². The van der Waals surface area contributed by atoms with Crippen LogP contribution in [0.2, 0.25) is 0 Å². The van der Waals surface area contributed by atoms with Crippen LogP contribution in [0.5, 0.6) is 5.75 Å². The summed E-state index contributed by atoms with van der Waals surface area (Å²) < 4.78 is 5.10. The maximum absolute atomic E-state index is 10.4. The molecule has 1 unspecified atom stereocenters. The fourth-order valence-electron chi connectivity index (χ4n) is 2.18. The van der Waals surface area contributed by atoms with E-state index in [1.54, 1.807) is 25.3 Å². The number of hydrogen-bond donors (Lipinski definition) is 3. The minimum atomic E-state index is -0.792. The van der Waals surface area contributed by atoms with Crippen molar-refractivity contribution < 1.29 is 14.9 Å². The van der Waals surface area contributed by atoms with Gasteiger partial charge in [0.2, 0.25) is 0 Å². The van der Waals surface area contributed by atoms with Crippen molar-refractivity contribution in [1.29, 1.82) is 0 Å². The van der Waals surface area contributed by atoms with Crippen LogP contribution < -0.4 is 10.5 Å². The second-order valence-electron chi connectivity index (χ2n) is 4.57. The van der Waals surface area contributed by atoms with E-state index in [0.717, 1.165) is 16.9 Å². The van der Waals surface area contributed by atoms with E-state index in [9.17, 15) is 5.11 Å². The number of nitrogens with two attached hydrogens (primary N) is 1. The maximum atomic E-state index is 10.4. The predicted octanol–water partition coefficient (Wildman–Crippen LogP) is 1.89. The van der Waals surface area contributed by atoms with Crippen molar-refractivity contribution in [3.8, 4) is 5.75 Å². The zero-order chi connectivity index (χ0) is 14.5. The van der Waals surface area contributed by atoms with Crippen molar-refractivity contribution in [2.24, 2.45) is 0 Å². The van der Waals surface area contributed by atoms with Crippen LogP contribution in [0.4, 0.5) is 5.69 Å². The first-order chi connectivity index (χ1) is 9.67. The highest BCUT2D eigenvalue weighted by molar-refractivity contribution is 5.56. The van der Waals surface area contributed by atoms with Crippen LogP contribution in [0, 0.1) is 0 Å². The maximum Gasteiger partial charge on any atom is 0.118 e. The number of benzene rings is 2. The molecule has 0 aliphatic rings. The summed E-state index contributed by atoms with van der Waals surface area (Å²) in [6, 6.07) is 12.7. The molecular weight excluding hydrogens is 254 g/mol. The average molecular weight is 273 g/mol. The Morgan fingerprint density at radius 3 is 2.45 bits per heavy atom. The predicted molar refractivity (Wildman–Crippen MR) is 78.7 cm³/mol. The van der Waals surface area contributed by atoms with E-state index in [0.29, 0.717) is 17.7 Å². The van der Waals surface area contributed by atoms with Crippen LogP contribution in [0.15, 0.2) is 42.5 Å². The Morgan fingerprint density at radius 2 is 1.85 bits per heavy atom. The van der Waals surface area contributed by atoms with Crippen molar-refractivity contribution in [3.63, 3.8) is 0 Å². The number of methoxy groups -OCH3 is 1. The van der Waals surface area contributed by atoms with Gasteiger partial charge in [0.25, 0.3) is 0 Å². The van der Waals surface area contributed by atoms with Gasteiger partial charge in [-0.2, -0.15) is 0 Å². The van der Waals surface area contributed by atoms with Gasteiger partial charge in [0.1, 0.15) is 11.9 Å². The first-order valence-corrected chi connectivity index (χ1v) is 6.47. The van der Waals surface area contributed by atoms with Crippen LogP contribution >= 0.6 is 0 Å². The topological polar surface area (TPSA) is 75.7 Å². The molecule has 1 atom stereocenters. The fraction of sp³-hybridized carbons (Fsp3) is 0.250. The molecule has 0 saturated heterocycles. The molecule has 0 saturated carbocycles. The zero-order valence-corrected chi connectivity index (χ0v) is 11.4. The molecule has 2 aromatic rings. The first-order valence-electron chi connectivity index (χ1n) is 6.47. The standard InChI is InChI=1S/C16H19NO3/c1-20-13-7-5-12(6-8-13)16(19)14-4-2-3-11(9-10-18)15(14)17/h2-8,16,18-19H,9-10,17H2,1H3. The summed E-state index contributed by atoms with van der Waals surface area (Å²) in [5.41, 5.74) is 8.85. The molecule has 4 nitrogen and oxygen atoms in total. The molecule has 0 aliphatic carbocycles. The number of hydrogen-bond acceptors (Lipinski definition) is 4. The number of anilines is 1. The third-order valence-electron chi connectivity index (χ3n) is 3.34.